The zero-order chi connectivity index (χ0) is 14.0. The topological polar surface area (TPSA) is 55.1 Å². The van der Waals surface area contributed by atoms with Gasteiger partial charge in [0, 0.05) is 10.0 Å². The molecule has 98 valence electrons. The van der Waals surface area contributed by atoms with Gasteiger partial charge < -0.3 is 11.1 Å². The fraction of sp³-hybridized carbons (Fsp3) is 0.0714. The lowest BCUT2D eigenvalue weighted by molar-refractivity contribution is 0.102. The molecule has 0 aliphatic rings. The molecule has 0 saturated carbocycles. The first-order chi connectivity index (χ1) is 8.99. The molecular formula is C14H12BrClN2O. The number of amides is 1. The average Bonchev–Trinajstić information content (AvgIpc) is 2.33. The molecule has 0 radical (unpaired) electrons. The Balaban J connectivity index is 2.31. The van der Waals surface area contributed by atoms with Crippen molar-refractivity contribution in [1.82, 2.24) is 0 Å². The van der Waals surface area contributed by atoms with E-state index >= 15 is 0 Å². The van der Waals surface area contributed by atoms with E-state index in [2.05, 4.69) is 21.2 Å². The first-order valence-corrected chi connectivity index (χ1v) is 6.77. The highest BCUT2D eigenvalue weighted by atomic mass is 79.9. The zero-order valence-corrected chi connectivity index (χ0v) is 12.5. The molecule has 0 bridgehead atoms. The second-order valence-electron chi connectivity index (χ2n) is 4.12. The van der Waals surface area contributed by atoms with Gasteiger partial charge in [-0.2, -0.15) is 0 Å². The summed E-state index contributed by atoms with van der Waals surface area (Å²) in [7, 11) is 0. The molecule has 3 nitrogen and oxygen atoms in total. The van der Waals surface area contributed by atoms with Crippen LogP contribution in [0.2, 0.25) is 5.02 Å². The molecule has 1 amide bonds. The van der Waals surface area contributed by atoms with Gasteiger partial charge in [0.05, 0.1) is 16.4 Å². The lowest BCUT2D eigenvalue weighted by Crippen LogP contribution is -2.14. The van der Waals surface area contributed by atoms with Crippen molar-refractivity contribution in [3.8, 4) is 0 Å². The second kappa shape index (κ2) is 5.63. The number of nitrogen functional groups attached to an aromatic ring is 1. The third-order valence-corrected chi connectivity index (χ3v) is 3.53. The Hall–Kier alpha value is -1.52. The van der Waals surface area contributed by atoms with Crippen LogP contribution >= 0.6 is 27.5 Å². The molecule has 0 aromatic heterocycles. The molecule has 0 fully saturated rings. The number of anilines is 2. The van der Waals surface area contributed by atoms with Crippen LogP contribution in [0.1, 0.15) is 15.9 Å². The van der Waals surface area contributed by atoms with Gasteiger partial charge in [0.15, 0.2) is 0 Å². The number of halogens is 2. The maximum Gasteiger partial charge on any atom is 0.256 e. The number of carbonyl (C=O) groups is 1. The van der Waals surface area contributed by atoms with E-state index in [9.17, 15) is 4.79 Å². The predicted molar refractivity (Wildman–Crippen MR) is 82.7 cm³/mol. The third-order valence-electron chi connectivity index (χ3n) is 2.72. The first kappa shape index (κ1) is 13.9. The highest BCUT2D eigenvalue weighted by Crippen LogP contribution is 2.28. The molecule has 5 heteroatoms. The number of carbonyl (C=O) groups excluding carboxylic acids is 1. The van der Waals surface area contributed by atoms with Crippen LogP contribution in [0.15, 0.2) is 40.9 Å². The summed E-state index contributed by atoms with van der Waals surface area (Å²) in [6, 6.07) is 10.6. The molecule has 0 aliphatic heterocycles. The second-order valence-corrected chi connectivity index (χ2v) is 5.44. The van der Waals surface area contributed by atoms with Crippen LogP contribution < -0.4 is 11.1 Å². The molecule has 2 aromatic carbocycles. The van der Waals surface area contributed by atoms with E-state index < -0.39 is 0 Å². The summed E-state index contributed by atoms with van der Waals surface area (Å²) in [6.45, 7) is 1.87. The van der Waals surface area contributed by atoms with Crippen molar-refractivity contribution in [3.63, 3.8) is 0 Å². The van der Waals surface area contributed by atoms with Crippen LogP contribution in [0.5, 0.6) is 0 Å². The van der Waals surface area contributed by atoms with Crippen molar-refractivity contribution in [2.75, 3.05) is 11.1 Å². The molecule has 2 aromatic rings. The minimum absolute atomic E-state index is 0.232. The van der Waals surface area contributed by atoms with Gasteiger partial charge in [0.25, 0.3) is 5.91 Å². The standard InChI is InChI=1S/C14H12BrClN2O/c1-8-7-9(15)5-6-10(8)14(19)18-13-11(16)3-2-4-12(13)17/h2-7H,17H2,1H3,(H,18,19). The lowest BCUT2D eigenvalue weighted by Gasteiger charge is -2.11. The van der Waals surface area contributed by atoms with Crippen molar-refractivity contribution < 1.29 is 4.79 Å². The molecule has 2 rings (SSSR count). The minimum Gasteiger partial charge on any atom is -0.397 e. The maximum atomic E-state index is 12.2. The van der Waals surface area contributed by atoms with E-state index in [0.29, 0.717) is 22.0 Å². The van der Waals surface area contributed by atoms with Crippen molar-refractivity contribution in [1.29, 1.82) is 0 Å². The van der Waals surface area contributed by atoms with Crippen molar-refractivity contribution in [2.45, 2.75) is 6.92 Å². The summed E-state index contributed by atoms with van der Waals surface area (Å²) in [6.07, 6.45) is 0. The predicted octanol–water partition coefficient (Wildman–Crippen LogP) is 4.25. The zero-order valence-electron chi connectivity index (χ0n) is 10.2. The van der Waals surface area contributed by atoms with Crippen molar-refractivity contribution >= 4 is 44.8 Å². The summed E-state index contributed by atoms with van der Waals surface area (Å²) >= 11 is 9.39. The van der Waals surface area contributed by atoms with Gasteiger partial charge >= 0.3 is 0 Å². The molecule has 0 atom stereocenters. The minimum atomic E-state index is -0.232. The highest BCUT2D eigenvalue weighted by molar-refractivity contribution is 9.10. The monoisotopic (exact) mass is 338 g/mol. The summed E-state index contributed by atoms with van der Waals surface area (Å²) < 4.78 is 0.929. The SMILES string of the molecule is Cc1cc(Br)ccc1C(=O)Nc1c(N)cccc1Cl. The fourth-order valence-corrected chi connectivity index (χ4v) is 2.44. The van der Waals surface area contributed by atoms with Crippen LogP contribution in [0.4, 0.5) is 11.4 Å². The Bertz CT molecular complexity index is 623. The molecule has 0 unspecified atom stereocenters. The van der Waals surface area contributed by atoms with Gasteiger partial charge in [0.1, 0.15) is 0 Å². The van der Waals surface area contributed by atoms with Gasteiger partial charge in [-0.15, -0.1) is 0 Å². The van der Waals surface area contributed by atoms with E-state index in [4.69, 9.17) is 17.3 Å². The largest absolute Gasteiger partial charge is 0.397 e. The van der Waals surface area contributed by atoms with Crippen LogP contribution in [-0.4, -0.2) is 5.91 Å². The molecular weight excluding hydrogens is 328 g/mol. The molecule has 3 N–H and O–H groups in total. The molecule has 0 saturated heterocycles. The van der Waals surface area contributed by atoms with Crippen LogP contribution in [0.25, 0.3) is 0 Å². The van der Waals surface area contributed by atoms with E-state index in [0.717, 1.165) is 10.0 Å². The van der Waals surface area contributed by atoms with Gasteiger partial charge in [-0.25, -0.2) is 0 Å². The van der Waals surface area contributed by atoms with Crippen molar-refractivity contribution in [3.05, 3.63) is 57.0 Å². The van der Waals surface area contributed by atoms with E-state index in [-0.39, 0.29) is 5.91 Å². The molecule has 0 heterocycles. The van der Waals surface area contributed by atoms with Gasteiger partial charge in [-0.1, -0.05) is 33.6 Å². The summed E-state index contributed by atoms with van der Waals surface area (Å²) in [5.74, 6) is -0.232. The summed E-state index contributed by atoms with van der Waals surface area (Å²) in [4.78, 5) is 12.2. The van der Waals surface area contributed by atoms with Gasteiger partial charge in [-0.05, 0) is 42.8 Å². The number of para-hydroxylation sites is 1. The first-order valence-electron chi connectivity index (χ1n) is 5.60. The van der Waals surface area contributed by atoms with Crippen LogP contribution in [-0.2, 0) is 0 Å². The Kier molecular flexibility index (Phi) is 4.12. The highest BCUT2D eigenvalue weighted by Gasteiger charge is 2.12. The van der Waals surface area contributed by atoms with Crippen LogP contribution in [0, 0.1) is 6.92 Å². The number of aryl methyl sites for hydroxylation is 1. The van der Waals surface area contributed by atoms with E-state index in [1.165, 1.54) is 0 Å². The third kappa shape index (κ3) is 3.08. The Morgan fingerprint density at radius 2 is 2.05 bits per heavy atom. The number of hydrogen-bond acceptors (Lipinski definition) is 2. The number of rotatable bonds is 2. The Morgan fingerprint density at radius 3 is 2.68 bits per heavy atom. The van der Waals surface area contributed by atoms with Gasteiger partial charge in [0.2, 0.25) is 0 Å². The molecule has 19 heavy (non-hydrogen) atoms. The Labute approximate surface area is 124 Å². The molecule has 0 spiro atoms. The maximum absolute atomic E-state index is 12.2. The Morgan fingerprint density at radius 1 is 1.32 bits per heavy atom. The number of nitrogens with two attached hydrogens (primary N) is 1. The normalized spacial score (nSPS) is 10.3. The van der Waals surface area contributed by atoms with E-state index in [1.807, 2.05) is 19.1 Å². The quantitative estimate of drug-likeness (QED) is 0.804. The smallest absolute Gasteiger partial charge is 0.256 e. The fourth-order valence-electron chi connectivity index (χ4n) is 1.74. The van der Waals surface area contributed by atoms with Gasteiger partial charge in [-0.3, -0.25) is 4.79 Å². The van der Waals surface area contributed by atoms with E-state index in [1.54, 1.807) is 24.3 Å². The van der Waals surface area contributed by atoms with Crippen molar-refractivity contribution in [2.24, 2.45) is 0 Å². The average molecular weight is 340 g/mol. The summed E-state index contributed by atoms with van der Waals surface area (Å²) in [5.41, 5.74) is 8.14. The number of nitrogens with one attached hydrogen (secondary N) is 1. The number of hydrogen-bond donors (Lipinski definition) is 2. The summed E-state index contributed by atoms with van der Waals surface area (Å²) in [5, 5.41) is 3.16. The number of benzene rings is 2. The van der Waals surface area contributed by atoms with Crippen LogP contribution in [0.3, 0.4) is 0 Å². The molecule has 0 aliphatic carbocycles. The lowest BCUT2D eigenvalue weighted by atomic mass is 10.1.